The first-order valence-corrected chi connectivity index (χ1v) is 9.51. The standard InChI is InChI=1S/C20H33N3O.ClH/c1-4-17(16(2)3)14-20(24)23(15-18-8-5-6-12-22-18)19-9-7-11-21-13-10-19;/h5-6,8,12,16-17,19,21H,4,7,9-11,13-15H2,1-3H3;1H. The highest BCUT2D eigenvalue weighted by molar-refractivity contribution is 5.85. The Labute approximate surface area is 159 Å². The van der Waals surface area contributed by atoms with Gasteiger partial charge in [0, 0.05) is 18.7 Å². The van der Waals surface area contributed by atoms with E-state index in [-0.39, 0.29) is 12.4 Å². The van der Waals surface area contributed by atoms with Crippen molar-refractivity contribution >= 4 is 18.3 Å². The second kappa shape index (κ2) is 11.5. The maximum Gasteiger partial charge on any atom is 0.223 e. The Kier molecular flexibility index (Phi) is 10.1. The largest absolute Gasteiger partial charge is 0.334 e. The summed E-state index contributed by atoms with van der Waals surface area (Å²) in [6.45, 7) is 9.33. The molecule has 1 N–H and O–H groups in total. The van der Waals surface area contributed by atoms with E-state index in [2.05, 4.69) is 36.0 Å². The van der Waals surface area contributed by atoms with Crippen LogP contribution in [0.1, 0.15) is 58.6 Å². The minimum absolute atomic E-state index is 0. The number of carbonyl (C=O) groups excluding carboxylic acids is 1. The molecule has 0 radical (unpaired) electrons. The van der Waals surface area contributed by atoms with Crippen LogP contribution in [0.15, 0.2) is 24.4 Å². The van der Waals surface area contributed by atoms with Crippen LogP contribution in [0.5, 0.6) is 0 Å². The Balaban J connectivity index is 0.00000312. The van der Waals surface area contributed by atoms with Gasteiger partial charge in [0.05, 0.1) is 12.2 Å². The van der Waals surface area contributed by atoms with Crippen LogP contribution >= 0.6 is 12.4 Å². The molecule has 2 rings (SSSR count). The molecule has 0 bridgehead atoms. The van der Waals surface area contributed by atoms with Crippen LogP contribution in [0.2, 0.25) is 0 Å². The molecule has 0 aliphatic carbocycles. The minimum atomic E-state index is 0. The maximum atomic E-state index is 13.1. The predicted octanol–water partition coefficient (Wildman–Crippen LogP) is 4.05. The zero-order valence-electron chi connectivity index (χ0n) is 15.9. The highest BCUT2D eigenvalue weighted by Crippen LogP contribution is 2.23. The summed E-state index contributed by atoms with van der Waals surface area (Å²) < 4.78 is 0. The van der Waals surface area contributed by atoms with Gasteiger partial charge in [0.2, 0.25) is 5.91 Å². The van der Waals surface area contributed by atoms with Crippen molar-refractivity contribution in [3.63, 3.8) is 0 Å². The van der Waals surface area contributed by atoms with Crippen LogP contribution in [-0.4, -0.2) is 34.9 Å². The lowest BCUT2D eigenvalue weighted by atomic mass is 9.89. The van der Waals surface area contributed by atoms with Crippen molar-refractivity contribution in [3.05, 3.63) is 30.1 Å². The molecule has 5 heteroatoms. The van der Waals surface area contributed by atoms with Crippen molar-refractivity contribution in [2.75, 3.05) is 13.1 Å². The van der Waals surface area contributed by atoms with Gasteiger partial charge in [-0.2, -0.15) is 0 Å². The van der Waals surface area contributed by atoms with Crippen LogP contribution in [0, 0.1) is 11.8 Å². The second-order valence-corrected chi connectivity index (χ2v) is 7.29. The summed E-state index contributed by atoms with van der Waals surface area (Å²) in [4.78, 5) is 19.7. The molecular weight excluding hydrogens is 334 g/mol. The van der Waals surface area contributed by atoms with Crippen LogP contribution in [0.25, 0.3) is 0 Å². The Morgan fingerprint density at radius 3 is 2.76 bits per heavy atom. The Hall–Kier alpha value is -1.13. The van der Waals surface area contributed by atoms with E-state index < -0.39 is 0 Å². The van der Waals surface area contributed by atoms with Crippen LogP contribution in [0.4, 0.5) is 0 Å². The fraction of sp³-hybridized carbons (Fsp3) is 0.700. The van der Waals surface area contributed by atoms with Gasteiger partial charge in [0.1, 0.15) is 0 Å². The van der Waals surface area contributed by atoms with Crippen molar-refractivity contribution < 1.29 is 4.79 Å². The number of nitrogens with one attached hydrogen (secondary N) is 1. The third-order valence-electron chi connectivity index (χ3n) is 5.27. The van der Waals surface area contributed by atoms with Crippen LogP contribution in [-0.2, 0) is 11.3 Å². The molecule has 0 spiro atoms. The first-order chi connectivity index (χ1) is 11.6. The molecule has 1 fully saturated rings. The van der Waals surface area contributed by atoms with Gasteiger partial charge >= 0.3 is 0 Å². The third-order valence-corrected chi connectivity index (χ3v) is 5.27. The van der Waals surface area contributed by atoms with Gasteiger partial charge in [-0.05, 0) is 56.3 Å². The molecule has 1 aromatic rings. The van der Waals surface area contributed by atoms with E-state index in [1.165, 1.54) is 0 Å². The van der Waals surface area contributed by atoms with Crippen molar-refractivity contribution in [3.8, 4) is 0 Å². The van der Waals surface area contributed by atoms with Gasteiger partial charge in [-0.3, -0.25) is 9.78 Å². The topological polar surface area (TPSA) is 45.2 Å². The van der Waals surface area contributed by atoms with Gasteiger partial charge in [0.15, 0.2) is 0 Å². The molecule has 1 amide bonds. The number of carbonyl (C=O) groups is 1. The molecule has 2 unspecified atom stereocenters. The van der Waals surface area contributed by atoms with Crippen molar-refractivity contribution in [2.45, 2.75) is 65.5 Å². The third kappa shape index (κ3) is 6.95. The van der Waals surface area contributed by atoms with E-state index in [9.17, 15) is 4.79 Å². The average Bonchev–Trinajstić information content (AvgIpc) is 2.87. The first-order valence-electron chi connectivity index (χ1n) is 9.51. The molecule has 1 aliphatic rings. The van der Waals surface area contributed by atoms with E-state index >= 15 is 0 Å². The van der Waals surface area contributed by atoms with Crippen LogP contribution < -0.4 is 5.32 Å². The summed E-state index contributed by atoms with van der Waals surface area (Å²) in [5.41, 5.74) is 0.987. The summed E-state index contributed by atoms with van der Waals surface area (Å²) in [6, 6.07) is 6.29. The first kappa shape index (κ1) is 21.9. The molecule has 2 atom stereocenters. The highest BCUT2D eigenvalue weighted by atomic mass is 35.5. The predicted molar refractivity (Wildman–Crippen MR) is 106 cm³/mol. The summed E-state index contributed by atoms with van der Waals surface area (Å²) >= 11 is 0. The molecule has 2 heterocycles. The maximum absolute atomic E-state index is 13.1. The molecule has 0 aromatic carbocycles. The molecule has 1 saturated heterocycles. The fourth-order valence-corrected chi connectivity index (χ4v) is 3.59. The lowest BCUT2D eigenvalue weighted by molar-refractivity contribution is -0.136. The second-order valence-electron chi connectivity index (χ2n) is 7.29. The Bertz CT molecular complexity index is 487. The number of nitrogens with zero attached hydrogens (tertiary/aromatic N) is 2. The number of aromatic nitrogens is 1. The number of hydrogen-bond acceptors (Lipinski definition) is 3. The lowest BCUT2D eigenvalue weighted by Crippen LogP contribution is -2.41. The van der Waals surface area contributed by atoms with Gasteiger partial charge in [-0.25, -0.2) is 0 Å². The minimum Gasteiger partial charge on any atom is -0.334 e. The quantitative estimate of drug-likeness (QED) is 0.790. The van der Waals surface area contributed by atoms with E-state index in [0.717, 1.165) is 44.5 Å². The molecule has 0 saturated carbocycles. The number of hydrogen-bond donors (Lipinski definition) is 1. The zero-order chi connectivity index (χ0) is 17.4. The van der Waals surface area contributed by atoms with E-state index in [4.69, 9.17) is 0 Å². The number of amides is 1. The molecule has 25 heavy (non-hydrogen) atoms. The van der Waals surface area contributed by atoms with Gasteiger partial charge in [-0.15, -0.1) is 12.4 Å². The highest BCUT2D eigenvalue weighted by Gasteiger charge is 2.27. The Morgan fingerprint density at radius 2 is 2.12 bits per heavy atom. The molecular formula is C20H34ClN3O. The van der Waals surface area contributed by atoms with Gasteiger partial charge in [0.25, 0.3) is 0 Å². The summed E-state index contributed by atoms with van der Waals surface area (Å²) in [7, 11) is 0. The van der Waals surface area contributed by atoms with E-state index in [1.807, 2.05) is 24.4 Å². The van der Waals surface area contributed by atoms with Crippen LogP contribution in [0.3, 0.4) is 0 Å². The monoisotopic (exact) mass is 367 g/mol. The van der Waals surface area contributed by atoms with Gasteiger partial charge in [-0.1, -0.05) is 33.3 Å². The smallest absolute Gasteiger partial charge is 0.223 e. The van der Waals surface area contributed by atoms with Crippen molar-refractivity contribution in [1.82, 2.24) is 15.2 Å². The summed E-state index contributed by atoms with van der Waals surface area (Å²) in [6.07, 6.45) is 6.80. The molecule has 4 nitrogen and oxygen atoms in total. The van der Waals surface area contributed by atoms with Crippen molar-refractivity contribution in [1.29, 1.82) is 0 Å². The number of pyridine rings is 1. The zero-order valence-corrected chi connectivity index (χ0v) is 16.7. The van der Waals surface area contributed by atoms with Gasteiger partial charge < -0.3 is 10.2 Å². The Morgan fingerprint density at radius 1 is 1.32 bits per heavy atom. The van der Waals surface area contributed by atoms with E-state index in [0.29, 0.717) is 36.8 Å². The van der Waals surface area contributed by atoms with E-state index in [1.54, 1.807) is 0 Å². The number of halogens is 1. The van der Waals surface area contributed by atoms with Crippen molar-refractivity contribution in [2.24, 2.45) is 11.8 Å². The number of rotatable bonds is 7. The summed E-state index contributed by atoms with van der Waals surface area (Å²) in [5, 5.41) is 3.45. The molecule has 1 aliphatic heterocycles. The normalized spacial score (nSPS) is 19.0. The fourth-order valence-electron chi connectivity index (χ4n) is 3.59. The molecule has 1 aromatic heterocycles. The SMILES string of the molecule is CCC(CC(=O)N(Cc1ccccn1)C1CCCNCC1)C(C)C.Cl. The average molecular weight is 368 g/mol. The molecule has 142 valence electrons. The lowest BCUT2D eigenvalue weighted by Gasteiger charge is -2.33. The summed E-state index contributed by atoms with van der Waals surface area (Å²) in [5.74, 6) is 1.31.